The van der Waals surface area contributed by atoms with Gasteiger partial charge < -0.3 is 10.2 Å². The Morgan fingerprint density at radius 1 is 0.727 bits per heavy atom. The highest BCUT2D eigenvalue weighted by molar-refractivity contribution is 6.09. The Labute approximate surface area is 128 Å². The summed E-state index contributed by atoms with van der Waals surface area (Å²) < 4.78 is 0. The predicted molar refractivity (Wildman–Crippen MR) is 85.1 cm³/mol. The van der Waals surface area contributed by atoms with Crippen LogP contribution in [0, 0.1) is 0 Å². The molecule has 0 radical (unpaired) electrons. The van der Waals surface area contributed by atoms with Crippen molar-refractivity contribution in [2.75, 3.05) is 0 Å². The lowest BCUT2D eigenvalue weighted by Crippen LogP contribution is -2.01. The smallest absolute Gasteiger partial charge is 0.193 e. The van der Waals surface area contributed by atoms with Crippen molar-refractivity contribution in [1.82, 2.24) is 0 Å². The van der Waals surface area contributed by atoms with Crippen LogP contribution in [0.25, 0.3) is 11.1 Å². The fourth-order valence-corrected chi connectivity index (χ4v) is 2.31. The molecule has 0 spiro atoms. The highest BCUT2D eigenvalue weighted by atomic mass is 16.3. The quantitative estimate of drug-likeness (QED) is 0.717. The van der Waals surface area contributed by atoms with E-state index in [-0.39, 0.29) is 17.3 Å². The molecule has 3 heteroatoms. The van der Waals surface area contributed by atoms with Gasteiger partial charge in [0.05, 0.1) is 0 Å². The van der Waals surface area contributed by atoms with Crippen molar-refractivity contribution >= 4 is 5.78 Å². The zero-order chi connectivity index (χ0) is 15.5. The second-order valence-electron chi connectivity index (χ2n) is 4.97. The van der Waals surface area contributed by atoms with E-state index in [2.05, 4.69) is 0 Å². The lowest BCUT2D eigenvalue weighted by atomic mass is 9.97. The molecule has 0 fully saturated rings. The number of carbonyl (C=O) groups excluding carboxylic acids is 1. The molecule has 0 unspecified atom stereocenters. The topological polar surface area (TPSA) is 57.5 Å². The van der Waals surface area contributed by atoms with Crippen molar-refractivity contribution in [2.45, 2.75) is 0 Å². The largest absolute Gasteiger partial charge is 0.508 e. The molecule has 0 saturated carbocycles. The lowest BCUT2D eigenvalue weighted by molar-refractivity contribution is 0.103. The molecule has 0 atom stereocenters. The molecule has 3 nitrogen and oxygen atoms in total. The minimum absolute atomic E-state index is 0.118. The minimum Gasteiger partial charge on any atom is -0.508 e. The molecule has 0 bridgehead atoms. The van der Waals surface area contributed by atoms with E-state index >= 15 is 0 Å². The summed E-state index contributed by atoms with van der Waals surface area (Å²) >= 11 is 0. The maximum atomic E-state index is 12.5. The average molecular weight is 290 g/mol. The number of phenols is 2. The fraction of sp³-hybridized carbons (Fsp3) is 0. The van der Waals surface area contributed by atoms with Crippen molar-refractivity contribution in [2.24, 2.45) is 0 Å². The van der Waals surface area contributed by atoms with Crippen LogP contribution in [-0.2, 0) is 0 Å². The van der Waals surface area contributed by atoms with Gasteiger partial charge in [0, 0.05) is 16.7 Å². The van der Waals surface area contributed by atoms with Crippen LogP contribution in [0.3, 0.4) is 0 Å². The van der Waals surface area contributed by atoms with E-state index in [0.29, 0.717) is 16.7 Å². The number of carbonyl (C=O) groups is 1. The van der Waals surface area contributed by atoms with Crippen LogP contribution in [0.2, 0.25) is 0 Å². The van der Waals surface area contributed by atoms with E-state index < -0.39 is 0 Å². The molecule has 3 aromatic carbocycles. The van der Waals surface area contributed by atoms with Crippen molar-refractivity contribution in [3.05, 3.63) is 83.9 Å². The van der Waals surface area contributed by atoms with Gasteiger partial charge in [0.2, 0.25) is 0 Å². The second-order valence-corrected chi connectivity index (χ2v) is 4.97. The van der Waals surface area contributed by atoms with Crippen molar-refractivity contribution in [1.29, 1.82) is 0 Å². The number of hydrogen-bond donors (Lipinski definition) is 2. The summed E-state index contributed by atoms with van der Waals surface area (Å²) in [6.07, 6.45) is 0. The summed E-state index contributed by atoms with van der Waals surface area (Å²) in [6.45, 7) is 0. The maximum Gasteiger partial charge on any atom is 0.193 e. The van der Waals surface area contributed by atoms with Crippen LogP contribution >= 0.6 is 0 Å². The monoisotopic (exact) mass is 290 g/mol. The fourth-order valence-electron chi connectivity index (χ4n) is 2.31. The van der Waals surface area contributed by atoms with Crippen LogP contribution in [0.4, 0.5) is 0 Å². The first-order valence-corrected chi connectivity index (χ1v) is 6.87. The van der Waals surface area contributed by atoms with Crippen LogP contribution < -0.4 is 0 Å². The molecule has 0 aromatic heterocycles. The zero-order valence-electron chi connectivity index (χ0n) is 11.7. The molecule has 22 heavy (non-hydrogen) atoms. The summed E-state index contributed by atoms with van der Waals surface area (Å²) in [6, 6.07) is 20.3. The average Bonchev–Trinajstić information content (AvgIpc) is 2.56. The third kappa shape index (κ3) is 2.69. The molecule has 3 aromatic rings. The molecule has 0 aliphatic heterocycles. The minimum atomic E-state index is -0.155. The molecule has 2 N–H and O–H groups in total. The highest BCUT2D eigenvalue weighted by Gasteiger charge is 2.12. The molecular formula is C19H14O3. The van der Waals surface area contributed by atoms with Crippen molar-refractivity contribution in [3.8, 4) is 22.6 Å². The maximum absolute atomic E-state index is 12.5. The first kappa shape index (κ1) is 13.9. The van der Waals surface area contributed by atoms with Gasteiger partial charge >= 0.3 is 0 Å². The molecule has 0 amide bonds. The number of hydrogen-bond acceptors (Lipinski definition) is 3. The molecule has 3 rings (SSSR count). The van der Waals surface area contributed by atoms with Gasteiger partial charge in [0.25, 0.3) is 0 Å². The van der Waals surface area contributed by atoms with Gasteiger partial charge in [-0.15, -0.1) is 0 Å². The summed E-state index contributed by atoms with van der Waals surface area (Å²) in [5.41, 5.74) is 2.44. The third-order valence-corrected chi connectivity index (χ3v) is 3.47. The number of phenolic OH excluding ortho intramolecular Hbond substituents is 2. The van der Waals surface area contributed by atoms with Gasteiger partial charge in [-0.25, -0.2) is 0 Å². The first-order chi connectivity index (χ1) is 10.6. The molecule has 0 aliphatic carbocycles. The standard InChI is InChI=1S/C19H14O3/c20-16-9-6-14(7-10-16)19(22)15-8-11-18(21)17(12-15)13-4-2-1-3-5-13/h1-12,20-21H. The summed E-state index contributed by atoms with van der Waals surface area (Å²) in [4.78, 5) is 12.5. The van der Waals surface area contributed by atoms with E-state index in [1.54, 1.807) is 24.3 Å². The Morgan fingerprint density at radius 3 is 2.05 bits per heavy atom. The summed E-state index contributed by atoms with van der Waals surface area (Å²) in [7, 11) is 0. The molecule has 0 aliphatic rings. The Morgan fingerprint density at radius 2 is 1.36 bits per heavy atom. The lowest BCUT2D eigenvalue weighted by Gasteiger charge is -2.08. The molecular weight excluding hydrogens is 276 g/mol. The van der Waals surface area contributed by atoms with Gasteiger partial charge in [-0.2, -0.15) is 0 Å². The van der Waals surface area contributed by atoms with Gasteiger partial charge in [0.1, 0.15) is 11.5 Å². The Bertz CT molecular complexity index is 806. The Hall–Kier alpha value is -3.07. The van der Waals surface area contributed by atoms with Crippen LogP contribution in [-0.4, -0.2) is 16.0 Å². The molecule has 0 saturated heterocycles. The number of aromatic hydroxyl groups is 2. The second kappa shape index (κ2) is 5.74. The summed E-state index contributed by atoms with van der Waals surface area (Å²) in [5, 5.41) is 19.3. The summed E-state index contributed by atoms with van der Waals surface area (Å²) in [5.74, 6) is 0.0952. The van der Waals surface area contributed by atoms with Gasteiger partial charge in [-0.1, -0.05) is 30.3 Å². The van der Waals surface area contributed by atoms with E-state index in [0.717, 1.165) is 5.56 Å². The Kier molecular flexibility index (Phi) is 3.62. The SMILES string of the molecule is O=C(c1ccc(O)cc1)c1ccc(O)c(-c2ccccc2)c1. The number of ketones is 1. The Balaban J connectivity index is 2.02. The predicted octanol–water partition coefficient (Wildman–Crippen LogP) is 4.00. The van der Waals surface area contributed by atoms with Crippen LogP contribution in [0.15, 0.2) is 72.8 Å². The zero-order valence-corrected chi connectivity index (χ0v) is 11.7. The highest BCUT2D eigenvalue weighted by Crippen LogP contribution is 2.30. The van der Waals surface area contributed by atoms with Gasteiger partial charge in [-0.05, 0) is 48.0 Å². The van der Waals surface area contributed by atoms with Crippen molar-refractivity contribution < 1.29 is 15.0 Å². The normalized spacial score (nSPS) is 10.4. The van der Waals surface area contributed by atoms with E-state index in [9.17, 15) is 15.0 Å². The van der Waals surface area contributed by atoms with Gasteiger partial charge in [-0.3, -0.25) is 4.79 Å². The van der Waals surface area contributed by atoms with E-state index in [1.807, 2.05) is 30.3 Å². The molecule has 0 heterocycles. The van der Waals surface area contributed by atoms with E-state index in [1.165, 1.54) is 18.2 Å². The van der Waals surface area contributed by atoms with Crippen LogP contribution in [0.5, 0.6) is 11.5 Å². The van der Waals surface area contributed by atoms with Gasteiger partial charge in [0.15, 0.2) is 5.78 Å². The van der Waals surface area contributed by atoms with Crippen LogP contribution in [0.1, 0.15) is 15.9 Å². The first-order valence-electron chi connectivity index (χ1n) is 6.87. The number of rotatable bonds is 3. The van der Waals surface area contributed by atoms with E-state index in [4.69, 9.17) is 0 Å². The molecule has 108 valence electrons. The number of benzene rings is 3. The third-order valence-electron chi connectivity index (χ3n) is 3.47. The van der Waals surface area contributed by atoms with Crippen molar-refractivity contribution in [3.63, 3.8) is 0 Å².